The molecule has 3 aromatic rings. The van der Waals surface area contributed by atoms with Crippen molar-refractivity contribution in [2.45, 2.75) is 64.6 Å². The molecular weight excluding hydrogens is 454 g/mol. The van der Waals surface area contributed by atoms with Gasteiger partial charge < -0.3 is 19.3 Å². The number of aliphatic hydroxyl groups is 1. The monoisotopic (exact) mass is 493 g/mol. The molecule has 1 saturated carbocycles. The van der Waals surface area contributed by atoms with E-state index in [-0.39, 0.29) is 0 Å². The van der Waals surface area contributed by atoms with Crippen LogP contribution in [0.25, 0.3) is 5.69 Å². The minimum Gasteiger partial charge on any atom is -0.497 e. The van der Waals surface area contributed by atoms with Gasteiger partial charge in [0.15, 0.2) is 0 Å². The molecule has 36 heavy (non-hydrogen) atoms. The van der Waals surface area contributed by atoms with Crippen LogP contribution in [0.5, 0.6) is 17.4 Å². The molecule has 0 unspecified atom stereocenters. The van der Waals surface area contributed by atoms with Crippen molar-refractivity contribution in [3.05, 3.63) is 65.9 Å². The van der Waals surface area contributed by atoms with E-state index in [0.29, 0.717) is 38.2 Å². The molecule has 0 radical (unpaired) electrons. The summed E-state index contributed by atoms with van der Waals surface area (Å²) in [5.41, 5.74) is 3.01. The van der Waals surface area contributed by atoms with Crippen molar-refractivity contribution >= 4 is 0 Å². The Kier molecular flexibility index (Phi) is 9.39. The van der Waals surface area contributed by atoms with Gasteiger partial charge in [-0.1, -0.05) is 38.5 Å². The van der Waals surface area contributed by atoms with Gasteiger partial charge >= 0.3 is 0 Å². The number of ether oxygens (including phenoxy) is 3. The number of hydrogen-bond donors (Lipinski definition) is 1. The van der Waals surface area contributed by atoms with E-state index in [0.717, 1.165) is 60.5 Å². The maximum absolute atomic E-state index is 10.7. The van der Waals surface area contributed by atoms with Crippen LogP contribution in [0, 0.1) is 0 Å². The fourth-order valence-electron chi connectivity index (χ4n) is 4.30. The molecule has 2 aromatic carbocycles. The highest BCUT2D eigenvalue weighted by Gasteiger charge is 2.33. The number of rotatable bonds is 15. The van der Waals surface area contributed by atoms with Gasteiger partial charge in [-0.25, -0.2) is 4.68 Å². The predicted molar refractivity (Wildman–Crippen MR) is 141 cm³/mol. The van der Waals surface area contributed by atoms with Gasteiger partial charge in [-0.2, -0.15) is 5.10 Å². The number of benzene rings is 2. The molecule has 1 aliphatic carbocycles. The van der Waals surface area contributed by atoms with Gasteiger partial charge in [-0.05, 0) is 62.1 Å². The fourth-order valence-corrected chi connectivity index (χ4v) is 4.30. The number of aryl methyl sites for hydroxylation is 1. The molecule has 0 saturated heterocycles. The summed E-state index contributed by atoms with van der Waals surface area (Å²) in [6.45, 7) is 6.55. The first-order valence-corrected chi connectivity index (χ1v) is 13.1. The molecule has 7 heteroatoms. The molecule has 4 rings (SSSR count). The molecule has 194 valence electrons. The number of aliphatic hydroxyl groups excluding tert-OH is 1. The van der Waals surface area contributed by atoms with Gasteiger partial charge in [0.05, 0.1) is 36.8 Å². The van der Waals surface area contributed by atoms with Crippen molar-refractivity contribution < 1.29 is 19.3 Å². The lowest BCUT2D eigenvalue weighted by molar-refractivity contribution is 0.0126. The summed E-state index contributed by atoms with van der Waals surface area (Å²) in [4.78, 5) is 2.36. The Morgan fingerprint density at radius 3 is 2.42 bits per heavy atom. The quantitative estimate of drug-likeness (QED) is 0.287. The Morgan fingerprint density at radius 1 is 1.06 bits per heavy atom. The van der Waals surface area contributed by atoms with Crippen LogP contribution in [-0.4, -0.2) is 58.8 Å². The molecule has 1 heterocycles. The van der Waals surface area contributed by atoms with Crippen molar-refractivity contribution in [2.24, 2.45) is 0 Å². The van der Waals surface area contributed by atoms with Crippen LogP contribution in [0.2, 0.25) is 0 Å². The Balaban J connectivity index is 1.61. The van der Waals surface area contributed by atoms with Crippen LogP contribution >= 0.6 is 0 Å². The normalized spacial score (nSPS) is 14.2. The summed E-state index contributed by atoms with van der Waals surface area (Å²) in [5, 5.41) is 15.7. The zero-order valence-electron chi connectivity index (χ0n) is 21.7. The standard InChI is InChI=1S/C29H39N3O4/c1-4-6-18-35-21-24(33)19-31(22-12-13-22)20-27-28(5-2)30-32(23-10-8-7-9-11-23)29(27)36-26-16-14-25(34-3)15-17-26/h7-11,14-17,22,24,33H,4-6,12-13,18-21H2,1-3H3/t24-/m1/s1. The van der Waals surface area contributed by atoms with Gasteiger partial charge in [-0.3, -0.25) is 4.90 Å². The second-order valence-corrected chi connectivity index (χ2v) is 9.35. The van der Waals surface area contributed by atoms with Crippen LogP contribution in [0.3, 0.4) is 0 Å². The molecule has 1 aromatic heterocycles. The average Bonchev–Trinajstić information content (AvgIpc) is 3.71. The topological polar surface area (TPSA) is 69.0 Å². The number of para-hydroxylation sites is 1. The average molecular weight is 494 g/mol. The summed E-state index contributed by atoms with van der Waals surface area (Å²) in [7, 11) is 1.65. The van der Waals surface area contributed by atoms with E-state index in [4.69, 9.17) is 19.3 Å². The fraction of sp³-hybridized carbons (Fsp3) is 0.483. The lowest BCUT2D eigenvalue weighted by atomic mass is 10.1. The number of hydrogen-bond acceptors (Lipinski definition) is 6. The summed E-state index contributed by atoms with van der Waals surface area (Å²) < 4.78 is 19.4. The Morgan fingerprint density at radius 2 is 1.78 bits per heavy atom. The Bertz CT molecular complexity index is 1060. The van der Waals surface area contributed by atoms with E-state index >= 15 is 0 Å². The highest BCUT2D eigenvalue weighted by molar-refractivity contribution is 5.44. The Labute approximate surface area is 214 Å². The smallest absolute Gasteiger partial charge is 0.227 e. The van der Waals surface area contributed by atoms with E-state index < -0.39 is 6.10 Å². The largest absolute Gasteiger partial charge is 0.497 e. The highest BCUT2D eigenvalue weighted by Crippen LogP contribution is 2.36. The number of unbranched alkanes of at least 4 members (excludes halogenated alkanes) is 1. The molecular formula is C29H39N3O4. The second-order valence-electron chi connectivity index (χ2n) is 9.35. The van der Waals surface area contributed by atoms with Crippen LogP contribution in [0.15, 0.2) is 54.6 Å². The summed E-state index contributed by atoms with van der Waals surface area (Å²) >= 11 is 0. The minimum absolute atomic E-state index is 0.363. The summed E-state index contributed by atoms with van der Waals surface area (Å²) in [6.07, 6.45) is 4.66. The van der Waals surface area contributed by atoms with Gasteiger partial charge in [0, 0.05) is 25.7 Å². The molecule has 1 fully saturated rings. The zero-order valence-corrected chi connectivity index (χ0v) is 21.7. The first kappa shape index (κ1) is 26.2. The van der Waals surface area contributed by atoms with Gasteiger partial charge in [0.1, 0.15) is 11.5 Å². The third-order valence-corrected chi connectivity index (χ3v) is 6.45. The Hall–Kier alpha value is -2.87. The third kappa shape index (κ3) is 6.87. The van der Waals surface area contributed by atoms with Gasteiger partial charge in [-0.15, -0.1) is 0 Å². The van der Waals surface area contributed by atoms with E-state index in [1.807, 2.05) is 59.3 Å². The molecule has 0 aliphatic heterocycles. The predicted octanol–water partition coefficient (Wildman–Crippen LogP) is 5.38. The van der Waals surface area contributed by atoms with Crippen LogP contribution in [0.4, 0.5) is 0 Å². The van der Waals surface area contributed by atoms with E-state index in [1.54, 1.807) is 7.11 Å². The van der Waals surface area contributed by atoms with E-state index in [1.165, 1.54) is 0 Å². The van der Waals surface area contributed by atoms with Crippen LogP contribution in [-0.2, 0) is 17.7 Å². The van der Waals surface area contributed by atoms with Crippen LogP contribution in [0.1, 0.15) is 50.8 Å². The molecule has 7 nitrogen and oxygen atoms in total. The summed E-state index contributed by atoms with van der Waals surface area (Å²) in [6, 6.07) is 18.1. The third-order valence-electron chi connectivity index (χ3n) is 6.45. The molecule has 1 N–H and O–H groups in total. The second kappa shape index (κ2) is 12.9. The molecule has 1 aliphatic rings. The van der Waals surface area contributed by atoms with Gasteiger partial charge in [0.25, 0.3) is 0 Å². The molecule has 0 bridgehead atoms. The van der Waals surface area contributed by atoms with Crippen molar-refractivity contribution in [3.8, 4) is 23.1 Å². The number of nitrogens with zero attached hydrogens (tertiary/aromatic N) is 3. The zero-order chi connectivity index (χ0) is 25.3. The maximum Gasteiger partial charge on any atom is 0.227 e. The maximum atomic E-state index is 10.7. The van der Waals surface area contributed by atoms with E-state index in [9.17, 15) is 5.11 Å². The lowest BCUT2D eigenvalue weighted by Gasteiger charge is -2.25. The first-order chi connectivity index (χ1) is 17.6. The van der Waals surface area contributed by atoms with Crippen molar-refractivity contribution in [3.63, 3.8) is 0 Å². The first-order valence-electron chi connectivity index (χ1n) is 13.1. The molecule has 1 atom stereocenters. The van der Waals surface area contributed by atoms with Crippen molar-refractivity contribution in [2.75, 3.05) is 26.9 Å². The summed E-state index contributed by atoms with van der Waals surface area (Å²) in [5.74, 6) is 2.21. The van der Waals surface area contributed by atoms with E-state index in [2.05, 4.69) is 18.7 Å². The van der Waals surface area contributed by atoms with Gasteiger partial charge in [0.2, 0.25) is 5.88 Å². The molecule has 0 amide bonds. The van der Waals surface area contributed by atoms with Crippen molar-refractivity contribution in [1.29, 1.82) is 0 Å². The molecule has 0 spiro atoms. The number of aromatic nitrogens is 2. The van der Waals surface area contributed by atoms with Crippen molar-refractivity contribution in [1.82, 2.24) is 14.7 Å². The number of methoxy groups -OCH3 is 1. The minimum atomic E-state index is -0.525. The van der Waals surface area contributed by atoms with Crippen LogP contribution < -0.4 is 9.47 Å². The SMILES string of the molecule is CCCCOC[C@H](O)CN(Cc1c(CC)nn(-c2ccccc2)c1Oc1ccc(OC)cc1)C1CC1. The highest BCUT2D eigenvalue weighted by atomic mass is 16.5. The lowest BCUT2D eigenvalue weighted by Crippen LogP contribution is -2.36.